The standard InChI is InChI=1S/C11H13N3OS/c1-9(15)16-6-4-3-5-10-7-13-11(12-2)14-8-10/h7-8H,4,6H2,1-2H3,(H,12,13,14). The van der Waals surface area contributed by atoms with Crippen molar-refractivity contribution in [2.75, 3.05) is 18.1 Å². The molecule has 4 nitrogen and oxygen atoms in total. The molecule has 84 valence electrons. The molecule has 0 aromatic carbocycles. The van der Waals surface area contributed by atoms with Gasteiger partial charge in [0.2, 0.25) is 5.95 Å². The maximum Gasteiger partial charge on any atom is 0.222 e. The Labute approximate surface area is 99.3 Å². The van der Waals surface area contributed by atoms with Crippen molar-refractivity contribution in [3.63, 3.8) is 0 Å². The molecular weight excluding hydrogens is 222 g/mol. The second kappa shape index (κ2) is 6.85. The Morgan fingerprint density at radius 3 is 2.75 bits per heavy atom. The average molecular weight is 235 g/mol. The minimum atomic E-state index is 0.128. The van der Waals surface area contributed by atoms with Crippen LogP contribution in [-0.2, 0) is 4.79 Å². The lowest BCUT2D eigenvalue weighted by atomic mass is 10.3. The zero-order valence-corrected chi connectivity index (χ0v) is 10.1. The number of thioether (sulfide) groups is 1. The van der Waals surface area contributed by atoms with Crippen LogP contribution in [0.5, 0.6) is 0 Å². The second-order valence-electron chi connectivity index (χ2n) is 2.94. The van der Waals surface area contributed by atoms with Gasteiger partial charge in [-0.2, -0.15) is 0 Å². The van der Waals surface area contributed by atoms with E-state index in [0.29, 0.717) is 12.4 Å². The minimum Gasteiger partial charge on any atom is -0.357 e. The van der Waals surface area contributed by atoms with Crippen LogP contribution in [0.25, 0.3) is 0 Å². The first kappa shape index (κ1) is 12.5. The molecule has 1 aromatic heterocycles. The molecule has 1 N–H and O–H groups in total. The summed E-state index contributed by atoms with van der Waals surface area (Å²) in [5.41, 5.74) is 0.784. The highest BCUT2D eigenvalue weighted by Crippen LogP contribution is 2.02. The van der Waals surface area contributed by atoms with E-state index in [-0.39, 0.29) is 5.12 Å². The second-order valence-corrected chi connectivity index (χ2v) is 4.21. The summed E-state index contributed by atoms with van der Waals surface area (Å²) in [6, 6.07) is 0. The van der Waals surface area contributed by atoms with Gasteiger partial charge in [0.25, 0.3) is 0 Å². The van der Waals surface area contributed by atoms with Gasteiger partial charge in [-0.3, -0.25) is 4.79 Å². The molecule has 0 amide bonds. The fourth-order valence-corrected chi connectivity index (χ4v) is 1.42. The van der Waals surface area contributed by atoms with Gasteiger partial charge in [-0.15, -0.1) is 0 Å². The van der Waals surface area contributed by atoms with E-state index in [2.05, 4.69) is 27.1 Å². The minimum absolute atomic E-state index is 0.128. The summed E-state index contributed by atoms with van der Waals surface area (Å²) in [6.45, 7) is 1.56. The van der Waals surface area contributed by atoms with Crippen LogP contribution in [0.2, 0.25) is 0 Å². The normalized spacial score (nSPS) is 9.12. The monoisotopic (exact) mass is 235 g/mol. The van der Waals surface area contributed by atoms with Gasteiger partial charge in [0.15, 0.2) is 5.12 Å². The maximum atomic E-state index is 10.6. The Balaban J connectivity index is 2.41. The molecule has 1 heterocycles. The van der Waals surface area contributed by atoms with Crippen molar-refractivity contribution in [3.05, 3.63) is 18.0 Å². The van der Waals surface area contributed by atoms with Crippen LogP contribution in [0.15, 0.2) is 12.4 Å². The number of carbonyl (C=O) groups excluding carboxylic acids is 1. The van der Waals surface area contributed by atoms with Gasteiger partial charge in [-0.1, -0.05) is 23.6 Å². The van der Waals surface area contributed by atoms with Crippen molar-refractivity contribution in [2.45, 2.75) is 13.3 Å². The molecule has 0 atom stereocenters. The molecule has 0 aliphatic heterocycles. The van der Waals surface area contributed by atoms with E-state index < -0.39 is 0 Å². The summed E-state index contributed by atoms with van der Waals surface area (Å²) in [5.74, 6) is 7.23. The molecule has 0 unspecified atom stereocenters. The van der Waals surface area contributed by atoms with Crippen LogP contribution in [0.1, 0.15) is 18.9 Å². The summed E-state index contributed by atoms with van der Waals surface area (Å²) in [5, 5.41) is 2.96. The number of hydrogen-bond donors (Lipinski definition) is 1. The highest BCUT2D eigenvalue weighted by molar-refractivity contribution is 8.13. The SMILES string of the molecule is CNc1ncc(C#CCCSC(C)=O)cn1. The van der Waals surface area contributed by atoms with E-state index in [1.807, 2.05) is 0 Å². The predicted molar refractivity (Wildman–Crippen MR) is 66.2 cm³/mol. The van der Waals surface area contributed by atoms with E-state index in [0.717, 1.165) is 11.3 Å². The number of rotatable bonds is 3. The highest BCUT2D eigenvalue weighted by Gasteiger charge is 1.92. The van der Waals surface area contributed by atoms with Crippen molar-refractivity contribution in [1.82, 2.24) is 9.97 Å². The lowest BCUT2D eigenvalue weighted by molar-refractivity contribution is -0.109. The fourth-order valence-electron chi connectivity index (χ4n) is 0.932. The van der Waals surface area contributed by atoms with E-state index in [4.69, 9.17) is 0 Å². The van der Waals surface area contributed by atoms with Crippen LogP contribution in [-0.4, -0.2) is 27.9 Å². The van der Waals surface area contributed by atoms with E-state index in [1.54, 1.807) is 26.4 Å². The summed E-state index contributed by atoms with van der Waals surface area (Å²) in [7, 11) is 1.76. The number of aromatic nitrogens is 2. The summed E-state index contributed by atoms with van der Waals surface area (Å²) < 4.78 is 0. The van der Waals surface area contributed by atoms with Crippen molar-refractivity contribution in [3.8, 4) is 11.8 Å². The van der Waals surface area contributed by atoms with Crippen LogP contribution in [0.3, 0.4) is 0 Å². The summed E-state index contributed by atoms with van der Waals surface area (Å²) in [4.78, 5) is 18.7. The van der Waals surface area contributed by atoms with E-state index in [1.165, 1.54) is 11.8 Å². The lowest BCUT2D eigenvalue weighted by Crippen LogP contribution is -1.95. The summed E-state index contributed by atoms with van der Waals surface area (Å²) in [6.07, 6.45) is 4.03. The molecule has 0 saturated carbocycles. The fraction of sp³-hybridized carbons (Fsp3) is 0.364. The zero-order chi connectivity index (χ0) is 11.8. The Hall–Kier alpha value is -1.54. The highest BCUT2D eigenvalue weighted by atomic mass is 32.2. The molecule has 1 aromatic rings. The number of nitrogens with zero attached hydrogens (tertiary/aromatic N) is 2. The number of nitrogens with one attached hydrogen (secondary N) is 1. The number of hydrogen-bond acceptors (Lipinski definition) is 5. The van der Waals surface area contributed by atoms with Gasteiger partial charge in [-0.05, 0) is 0 Å². The van der Waals surface area contributed by atoms with Gasteiger partial charge in [0.05, 0.1) is 5.56 Å². The lowest BCUT2D eigenvalue weighted by Gasteiger charge is -1.95. The first-order chi connectivity index (χ1) is 7.72. The van der Waals surface area contributed by atoms with Crippen LogP contribution < -0.4 is 5.32 Å². The van der Waals surface area contributed by atoms with Gasteiger partial charge in [-0.25, -0.2) is 9.97 Å². The molecule has 0 spiro atoms. The molecule has 0 fully saturated rings. The number of carbonyl (C=O) groups is 1. The smallest absolute Gasteiger partial charge is 0.222 e. The van der Waals surface area contributed by atoms with Crippen molar-refractivity contribution < 1.29 is 4.79 Å². The molecule has 1 rings (SSSR count). The molecule has 0 saturated heterocycles. The Kier molecular flexibility index (Phi) is 5.37. The van der Waals surface area contributed by atoms with Crippen molar-refractivity contribution in [2.24, 2.45) is 0 Å². The maximum absolute atomic E-state index is 10.6. The molecule has 0 aliphatic rings. The van der Waals surface area contributed by atoms with Crippen molar-refractivity contribution in [1.29, 1.82) is 0 Å². The number of anilines is 1. The third-order valence-corrected chi connectivity index (χ3v) is 2.46. The Morgan fingerprint density at radius 1 is 1.50 bits per heavy atom. The van der Waals surface area contributed by atoms with Gasteiger partial charge in [0.1, 0.15) is 0 Å². The van der Waals surface area contributed by atoms with E-state index >= 15 is 0 Å². The third-order valence-electron chi connectivity index (χ3n) is 1.64. The molecule has 0 radical (unpaired) electrons. The first-order valence-corrected chi connectivity index (χ1v) is 5.83. The largest absolute Gasteiger partial charge is 0.357 e. The van der Waals surface area contributed by atoms with Gasteiger partial charge < -0.3 is 5.32 Å². The zero-order valence-electron chi connectivity index (χ0n) is 9.28. The molecule has 16 heavy (non-hydrogen) atoms. The van der Waals surface area contributed by atoms with Crippen molar-refractivity contribution >= 4 is 22.8 Å². The molecule has 0 aliphatic carbocycles. The van der Waals surface area contributed by atoms with E-state index in [9.17, 15) is 4.79 Å². The Bertz CT molecular complexity index is 405. The third kappa shape index (κ3) is 4.80. The van der Waals surface area contributed by atoms with Gasteiger partial charge >= 0.3 is 0 Å². The van der Waals surface area contributed by atoms with Gasteiger partial charge in [0, 0.05) is 38.5 Å². The average Bonchev–Trinajstić information content (AvgIpc) is 2.29. The topological polar surface area (TPSA) is 54.9 Å². The first-order valence-electron chi connectivity index (χ1n) is 4.84. The van der Waals surface area contributed by atoms with Crippen LogP contribution in [0, 0.1) is 11.8 Å². The summed E-state index contributed by atoms with van der Waals surface area (Å²) >= 11 is 1.29. The Morgan fingerprint density at radius 2 is 2.19 bits per heavy atom. The molecule has 5 heteroatoms. The molecular formula is C11H13N3OS. The predicted octanol–water partition coefficient (Wildman–Crippen LogP) is 1.54. The van der Waals surface area contributed by atoms with Crippen LogP contribution in [0.4, 0.5) is 5.95 Å². The quantitative estimate of drug-likeness (QED) is 0.636. The van der Waals surface area contributed by atoms with Crippen LogP contribution >= 0.6 is 11.8 Å². The molecule has 0 bridgehead atoms.